The van der Waals surface area contributed by atoms with Gasteiger partial charge in [0.1, 0.15) is 0 Å². The van der Waals surface area contributed by atoms with Crippen LogP contribution < -0.4 is 10.6 Å². The molecule has 5 nitrogen and oxygen atoms in total. The Morgan fingerprint density at radius 1 is 1.21 bits per heavy atom. The minimum absolute atomic E-state index is 0. The highest BCUT2D eigenvalue weighted by atomic mass is 35.5. The molecule has 0 spiro atoms. The van der Waals surface area contributed by atoms with Gasteiger partial charge in [-0.15, -0.1) is 12.4 Å². The van der Waals surface area contributed by atoms with E-state index in [4.69, 9.17) is 0 Å². The molecular weight excluding hydrogens is 374 g/mol. The molecule has 3 atom stereocenters. The molecule has 2 amide bonds. The number of amides is 2. The van der Waals surface area contributed by atoms with Gasteiger partial charge in [0.15, 0.2) is 0 Å². The van der Waals surface area contributed by atoms with E-state index in [-0.39, 0.29) is 24.2 Å². The van der Waals surface area contributed by atoms with E-state index in [0.29, 0.717) is 29.7 Å². The number of halogens is 1. The predicted molar refractivity (Wildman–Crippen MR) is 116 cm³/mol. The van der Waals surface area contributed by atoms with Crippen molar-refractivity contribution in [2.75, 3.05) is 31.5 Å². The first-order chi connectivity index (χ1) is 12.9. The Morgan fingerprint density at radius 3 is 2.57 bits per heavy atom. The van der Waals surface area contributed by atoms with Gasteiger partial charge in [-0.1, -0.05) is 19.9 Å². The number of carbonyl (C=O) groups excluding carboxylic acids is 2. The largest absolute Gasteiger partial charge is 0.338 e. The van der Waals surface area contributed by atoms with Crippen molar-refractivity contribution in [3.63, 3.8) is 0 Å². The molecule has 2 aliphatic heterocycles. The lowest BCUT2D eigenvalue weighted by molar-refractivity contribution is -0.116. The summed E-state index contributed by atoms with van der Waals surface area (Å²) < 4.78 is 0. The number of nitrogens with one attached hydrogen (secondary N) is 2. The Kier molecular flexibility index (Phi) is 8.32. The van der Waals surface area contributed by atoms with Gasteiger partial charge < -0.3 is 15.5 Å². The van der Waals surface area contributed by atoms with Crippen LogP contribution in [0.3, 0.4) is 0 Å². The number of rotatable bonds is 5. The zero-order valence-corrected chi connectivity index (χ0v) is 18.1. The van der Waals surface area contributed by atoms with E-state index in [2.05, 4.69) is 24.5 Å². The van der Waals surface area contributed by atoms with Crippen LogP contribution >= 0.6 is 12.4 Å². The van der Waals surface area contributed by atoms with E-state index in [1.165, 1.54) is 6.42 Å². The predicted octanol–water partition coefficient (Wildman–Crippen LogP) is 3.86. The average Bonchev–Trinajstić information content (AvgIpc) is 3.14. The van der Waals surface area contributed by atoms with E-state index in [1.807, 2.05) is 30.0 Å². The van der Waals surface area contributed by atoms with Crippen LogP contribution in [0.25, 0.3) is 0 Å². The highest BCUT2D eigenvalue weighted by molar-refractivity contribution is 5.97. The van der Waals surface area contributed by atoms with Crippen molar-refractivity contribution >= 4 is 29.9 Å². The fraction of sp³-hybridized carbons (Fsp3) is 0.636. The molecule has 3 rings (SSSR count). The molecule has 2 N–H and O–H groups in total. The van der Waals surface area contributed by atoms with E-state index >= 15 is 0 Å². The van der Waals surface area contributed by atoms with Crippen molar-refractivity contribution in [1.29, 1.82) is 0 Å². The molecule has 6 heteroatoms. The third-order valence-corrected chi connectivity index (χ3v) is 5.86. The van der Waals surface area contributed by atoms with Crippen molar-refractivity contribution in [3.05, 3.63) is 29.3 Å². The van der Waals surface area contributed by atoms with Gasteiger partial charge in [0.25, 0.3) is 5.91 Å². The van der Waals surface area contributed by atoms with Crippen LogP contribution in [-0.2, 0) is 4.79 Å². The first-order valence-corrected chi connectivity index (χ1v) is 10.3. The maximum Gasteiger partial charge on any atom is 0.253 e. The van der Waals surface area contributed by atoms with Crippen molar-refractivity contribution in [2.45, 2.75) is 46.5 Å². The minimum Gasteiger partial charge on any atom is -0.338 e. The summed E-state index contributed by atoms with van der Waals surface area (Å²) in [5.41, 5.74) is 2.41. The lowest BCUT2D eigenvalue weighted by Crippen LogP contribution is -2.42. The second-order valence-corrected chi connectivity index (χ2v) is 8.63. The number of carbonyl (C=O) groups is 2. The first-order valence-electron chi connectivity index (χ1n) is 10.3. The van der Waals surface area contributed by atoms with Crippen LogP contribution in [0.4, 0.5) is 5.69 Å². The molecule has 0 saturated carbocycles. The molecular formula is C22H34ClN3O2. The number of benzene rings is 1. The standard InChI is InChI=1S/C22H33N3O2.ClH/c1-15-10-16(2)14-25(13-15)22(27)19-6-4-17(3)20(11-19)24-21(26)7-5-18-8-9-23-12-18;/h4,6,11,15-16,18,23H,5,7-10,12-14H2,1-3H3,(H,24,26);1H. The van der Waals surface area contributed by atoms with Gasteiger partial charge in [0.05, 0.1) is 0 Å². The number of anilines is 1. The summed E-state index contributed by atoms with van der Waals surface area (Å²) >= 11 is 0. The van der Waals surface area contributed by atoms with Gasteiger partial charge >= 0.3 is 0 Å². The number of aryl methyl sites for hydroxylation is 1. The number of nitrogens with zero attached hydrogens (tertiary/aromatic N) is 1. The van der Waals surface area contributed by atoms with Gasteiger partial charge in [-0.3, -0.25) is 9.59 Å². The summed E-state index contributed by atoms with van der Waals surface area (Å²) in [6.07, 6.45) is 3.78. The molecule has 2 fully saturated rings. The summed E-state index contributed by atoms with van der Waals surface area (Å²) in [5, 5.41) is 6.36. The third-order valence-electron chi connectivity index (χ3n) is 5.86. The van der Waals surface area contributed by atoms with Crippen LogP contribution in [0.2, 0.25) is 0 Å². The molecule has 0 radical (unpaired) electrons. The topological polar surface area (TPSA) is 61.4 Å². The Hall–Kier alpha value is -1.59. The maximum atomic E-state index is 12.9. The monoisotopic (exact) mass is 407 g/mol. The van der Waals surface area contributed by atoms with Crippen LogP contribution in [0, 0.1) is 24.7 Å². The third kappa shape index (κ3) is 5.95. The van der Waals surface area contributed by atoms with E-state index < -0.39 is 0 Å². The molecule has 2 saturated heterocycles. The Labute approximate surface area is 175 Å². The maximum absolute atomic E-state index is 12.9. The Morgan fingerprint density at radius 2 is 1.93 bits per heavy atom. The summed E-state index contributed by atoms with van der Waals surface area (Å²) in [7, 11) is 0. The summed E-state index contributed by atoms with van der Waals surface area (Å²) in [5.74, 6) is 1.78. The molecule has 1 aromatic carbocycles. The molecule has 3 unspecified atom stereocenters. The van der Waals surface area contributed by atoms with Gasteiger partial charge in [0.2, 0.25) is 5.91 Å². The Balaban J connectivity index is 0.00000280. The number of likely N-dealkylation sites (tertiary alicyclic amines) is 1. The van der Waals surface area contributed by atoms with Crippen molar-refractivity contribution in [3.8, 4) is 0 Å². The molecule has 0 aliphatic carbocycles. The van der Waals surface area contributed by atoms with Crippen LogP contribution in [0.15, 0.2) is 18.2 Å². The molecule has 0 aromatic heterocycles. The second-order valence-electron chi connectivity index (χ2n) is 8.63. The van der Waals surface area contributed by atoms with Gasteiger partial charge in [-0.2, -0.15) is 0 Å². The fourth-order valence-corrected chi connectivity index (χ4v) is 4.41. The number of hydrogen-bond donors (Lipinski definition) is 2. The lowest BCUT2D eigenvalue weighted by atomic mass is 9.91. The summed E-state index contributed by atoms with van der Waals surface area (Å²) in [6.45, 7) is 10.1. The Bertz CT molecular complexity index is 678. The van der Waals surface area contributed by atoms with Gasteiger partial charge in [-0.25, -0.2) is 0 Å². The smallest absolute Gasteiger partial charge is 0.253 e. The zero-order valence-electron chi connectivity index (χ0n) is 17.3. The van der Waals surface area contributed by atoms with Crippen molar-refractivity contribution in [2.24, 2.45) is 17.8 Å². The van der Waals surface area contributed by atoms with Crippen LogP contribution in [0.1, 0.15) is 55.5 Å². The lowest BCUT2D eigenvalue weighted by Gasteiger charge is -2.35. The van der Waals surface area contributed by atoms with Crippen molar-refractivity contribution in [1.82, 2.24) is 10.2 Å². The van der Waals surface area contributed by atoms with Crippen LogP contribution in [-0.4, -0.2) is 42.9 Å². The van der Waals surface area contributed by atoms with Crippen molar-refractivity contribution < 1.29 is 9.59 Å². The molecule has 2 heterocycles. The minimum atomic E-state index is 0. The van der Waals surface area contributed by atoms with Crippen LogP contribution in [0.5, 0.6) is 0 Å². The highest BCUT2D eigenvalue weighted by Crippen LogP contribution is 2.24. The fourth-order valence-electron chi connectivity index (χ4n) is 4.41. The molecule has 156 valence electrons. The highest BCUT2D eigenvalue weighted by Gasteiger charge is 2.26. The normalized spacial score (nSPS) is 24.5. The number of piperidine rings is 1. The zero-order chi connectivity index (χ0) is 19.4. The SMILES string of the molecule is Cc1ccc(C(=O)N2CC(C)CC(C)C2)cc1NC(=O)CCC1CCNC1.Cl. The van der Waals surface area contributed by atoms with Gasteiger partial charge in [-0.05, 0) is 74.7 Å². The molecule has 1 aromatic rings. The van der Waals surface area contributed by atoms with Gasteiger partial charge in [0, 0.05) is 30.8 Å². The first kappa shape index (κ1) is 22.7. The number of hydrogen-bond acceptors (Lipinski definition) is 3. The molecule has 2 aliphatic rings. The molecule has 0 bridgehead atoms. The van der Waals surface area contributed by atoms with E-state index in [0.717, 1.165) is 50.3 Å². The average molecular weight is 408 g/mol. The summed E-state index contributed by atoms with van der Waals surface area (Å²) in [4.78, 5) is 27.3. The second kappa shape index (κ2) is 10.3. The quantitative estimate of drug-likeness (QED) is 0.778. The summed E-state index contributed by atoms with van der Waals surface area (Å²) in [6, 6.07) is 5.65. The molecule has 28 heavy (non-hydrogen) atoms. The van der Waals surface area contributed by atoms with E-state index in [9.17, 15) is 9.59 Å². The van der Waals surface area contributed by atoms with E-state index in [1.54, 1.807) is 0 Å².